The van der Waals surface area contributed by atoms with Crippen molar-refractivity contribution < 1.29 is 14.3 Å². The molecule has 0 bridgehead atoms. The molecular formula is C20H24BrNO3. The number of methoxy groups -OCH3 is 1. The lowest BCUT2D eigenvalue weighted by atomic mass is 10.1. The molecule has 0 radical (unpaired) electrons. The van der Waals surface area contributed by atoms with Crippen molar-refractivity contribution in [3.63, 3.8) is 0 Å². The molecule has 0 aromatic heterocycles. The van der Waals surface area contributed by atoms with Crippen LogP contribution in [0.25, 0.3) is 0 Å². The summed E-state index contributed by atoms with van der Waals surface area (Å²) in [5, 5.41) is 2.92. The summed E-state index contributed by atoms with van der Waals surface area (Å²) in [4.78, 5) is 12.2. The Kier molecular flexibility index (Phi) is 7.31. The molecule has 134 valence electrons. The molecule has 0 heterocycles. The zero-order chi connectivity index (χ0) is 18.2. The summed E-state index contributed by atoms with van der Waals surface area (Å²) >= 11 is 3.37. The number of ether oxygens (including phenoxy) is 2. The van der Waals surface area contributed by atoms with Crippen molar-refractivity contribution in [1.29, 1.82) is 0 Å². The van der Waals surface area contributed by atoms with Crippen LogP contribution in [0.1, 0.15) is 36.2 Å². The van der Waals surface area contributed by atoms with Gasteiger partial charge in [0, 0.05) is 16.6 Å². The lowest BCUT2D eigenvalue weighted by molar-refractivity contribution is 0.0951. The van der Waals surface area contributed by atoms with Crippen LogP contribution in [0.3, 0.4) is 0 Å². The Labute approximate surface area is 157 Å². The highest BCUT2D eigenvalue weighted by atomic mass is 79.9. The van der Waals surface area contributed by atoms with Crippen LogP contribution in [-0.2, 0) is 6.54 Å². The van der Waals surface area contributed by atoms with Crippen molar-refractivity contribution in [3.8, 4) is 11.5 Å². The Balaban J connectivity index is 1.97. The van der Waals surface area contributed by atoms with Crippen LogP contribution in [0.15, 0.2) is 46.9 Å². The van der Waals surface area contributed by atoms with Crippen LogP contribution < -0.4 is 14.8 Å². The van der Waals surface area contributed by atoms with Crippen LogP contribution in [0.5, 0.6) is 11.5 Å². The van der Waals surface area contributed by atoms with E-state index in [1.807, 2.05) is 30.3 Å². The van der Waals surface area contributed by atoms with Gasteiger partial charge in [0.05, 0.1) is 13.7 Å². The third-order valence-electron chi connectivity index (χ3n) is 3.72. The fourth-order valence-electron chi connectivity index (χ4n) is 2.26. The average molecular weight is 406 g/mol. The second-order valence-electron chi connectivity index (χ2n) is 6.21. The molecule has 5 heteroatoms. The van der Waals surface area contributed by atoms with Crippen molar-refractivity contribution in [2.75, 3.05) is 13.7 Å². The average Bonchev–Trinajstić information content (AvgIpc) is 2.60. The highest BCUT2D eigenvalue weighted by Gasteiger charge is 2.09. The molecule has 1 N–H and O–H groups in total. The first-order valence-electron chi connectivity index (χ1n) is 8.33. The van der Waals surface area contributed by atoms with Gasteiger partial charge in [-0.1, -0.05) is 41.9 Å². The van der Waals surface area contributed by atoms with E-state index in [9.17, 15) is 4.79 Å². The Hall–Kier alpha value is -2.01. The van der Waals surface area contributed by atoms with E-state index in [0.717, 1.165) is 22.2 Å². The van der Waals surface area contributed by atoms with E-state index in [0.29, 0.717) is 30.4 Å². The predicted molar refractivity (Wildman–Crippen MR) is 103 cm³/mol. The van der Waals surface area contributed by atoms with Gasteiger partial charge in [-0.15, -0.1) is 0 Å². The molecule has 0 unspecified atom stereocenters. The number of carbonyl (C=O) groups is 1. The zero-order valence-electron chi connectivity index (χ0n) is 14.8. The molecule has 0 saturated heterocycles. The largest absolute Gasteiger partial charge is 0.493 e. The van der Waals surface area contributed by atoms with E-state index in [-0.39, 0.29) is 5.91 Å². The molecule has 0 aliphatic carbocycles. The van der Waals surface area contributed by atoms with E-state index in [4.69, 9.17) is 9.47 Å². The standard InChI is InChI=1S/C20H24BrNO3/c1-14(2)9-10-25-18-8-7-15(11-19(18)24-3)13-22-20(23)16-5-4-6-17(21)12-16/h4-8,11-12,14H,9-10,13H2,1-3H3,(H,22,23). The minimum absolute atomic E-state index is 0.113. The number of carbonyl (C=O) groups excluding carboxylic acids is 1. The van der Waals surface area contributed by atoms with E-state index < -0.39 is 0 Å². The third kappa shape index (κ3) is 6.09. The summed E-state index contributed by atoms with van der Waals surface area (Å²) < 4.78 is 12.1. The minimum Gasteiger partial charge on any atom is -0.493 e. The summed E-state index contributed by atoms with van der Waals surface area (Å²) in [5.74, 6) is 1.89. The summed E-state index contributed by atoms with van der Waals surface area (Å²) in [5.41, 5.74) is 1.58. The summed E-state index contributed by atoms with van der Waals surface area (Å²) in [6.45, 7) is 5.41. The topological polar surface area (TPSA) is 47.6 Å². The zero-order valence-corrected chi connectivity index (χ0v) is 16.4. The van der Waals surface area contributed by atoms with E-state index >= 15 is 0 Å². The lowest BCUT2D eigenvalue weighted by Gasteiger charge is -2.13. The van der Waals surface area contributed by atoms with Crippen LogP contribution in [0.4, 0.5) is 0 Å². The number of hydrogen-bond acceptors (Lipinski definition) is 3. The number of amides is 1. The Morgan fingerprint density at radius 2 is 1.96 bits per heavy atom. The normalized spacial score (nSPS) is 10.6. The van der Waals surface area contributed by atoms with Gasteiger partial charge in [0.2, 0.25) is 0 Å². The van der Waals surface area contributed by atoms with Gasteiger partial charge < -0.3 is 14.8 Å². The van der Waals surface area contributed by atoms with Crippen LogP contribution >= 0.6 is 15.9 Å². The molecular weight excluding hydrogens is 382 g/mol. The van der Waals surface area contributed by atoms with E-state index in [1.165, 1.54) is 0 Å². The fraction of sp³-hybridized carbons (Fsp3) is 0.350. The molecule has 0 atom stereocenters. The maximum atomic E-state index is 12.2. The summed E-state index contributed by atoms with van der Waals surface area (Å²) in [7, 11) is 1.62. The van der Waals surface area contributed by atoms with Crippen LogP contribution in [0, 0.1) is 5.92 Å². The van der Waals surface area contributed by atoms with Gasteiger partial charge in [-0.3, -0.25) is 4.79 Å². The lowest BCUT2D eigenvalue weighted by Crippen LogP contribution is -2.22. The van der Waals surface area contributed by atoms with Crippen molar-refractivity contribution in [3.05, 3.63) is 58.1 Å². The maximum absolute atomic E-state index is 12.2. The molecule has 2 rings (SSSR count). The van der Waals surface area contributed by atoms with Gasteiger partial charge in [-0.05, 0) is 48.2 Å². The quantitative estimate of drug-likeness (QED) is 0.684. The second kappa shape index (κ2) is 9.47. The van der Waals surface area contributed by atoms with Gasteiger partial charge in [-0.2, -0.15) is 0 Å². The molecule has 0 fully saturated rings. The molecule has 2 aromatic carbocycles. The Morgan fingerprint density at radius 1 is 1.16 bits per heavy atom. The van der Waals surface area contributed by atoms with Gasteiger partial charge in [0.25, 0.3) is 5.91 Å². The highest BCUT2D eigenvalue weighted by Crippen LogP contribution is 2.28. The van der Waals surface area contributed by atoms with Crippen LogP contribution in [0.2, 0.25) is 0 Å². The molecule has 2 aromatic rings. The molecule has 0 aliphatic heterocycles. The SMILES string of the molecule is COc1cc(CNC(=O)c2cccc(Br)c2)ccc1OCCC(C)C. The van der Waals surface area contributed by atoms with Gasteiger partial charge in [0.1, 0.15) is 0 Å². The van der Waals surface area contributed by atoms with Crippen molar-refractivity contribution >= 4 is 21.8 Å². The number of rotatable bonds is 8. The molecule has 0 aliphatic rings. The first-order valence-corrected chi connectivity index (χ1v) is 9.12. The molecule has 25 heavy (non-hydrogen) atoms. The first kappa shape index (κ1) is 19.3. The number of benzene rings is 2. The Morgan fingerprint density at radius 3 is 2.64 bits per heavy atom. The van der Waals surface area contributed by atoms with Crippen molar-refractivity contribution in [2.24, 2.45) is 5.92 Å². The summed E-state index contributed by atoms with van der Waals surface area (Å²) in [6.07, 6.45) is 0.994. The van der Waals surface area contributed by atoms with Crippen LogP contribution in [-0.4, -0.2) is 19.6 Å². The molecule has 0 saturated carbocycles. The predicted octanol–water partition coefficient (Wildman–Crippen LogP) is 4.81. The maximum Gasteiger partial charge on any atom is 0.251 e. The third-order valence-corrected chi connectivity index (χ3v) is 4.21. The second-order valence-corrected chi connectivity index (χ2v) is 7.12. The summed E-state index contributed by atoms with van der Waals surface area (Å²) in [6, 6.07) is 13.0. The van der Waals surface area contributed by atoms with E-state index in [2.05, 4.69) is 35.1 Å². The number of hydrogen-bond donors (Lipinski definition) is 1. The number of nitrogens with one attached hydrogen (secondary N) is 1. The fourth-order valence-corrected chi connectivity index (χ4v) is 2.66. The van der Waals surface area contributed by atoms with Crippen molar-refractivity contribution in [2.45, 2.75) is 26.8 Å². The first-order chi connectivity index (χ1) is 12.0. The smallest absolute Gasteiger partial charge is 0.251 e. The number of halogens is 1. The van der Waals surface area contributed by atoms with E-state index in [1.54, 1.807) is 19.2 Å². The van der Waals surface area contributed by atoms with Crippen molar-refractivity contribution in [1.82, 2.24) is 5.32 Å². The molecule has 4 nitrogen and oxygen atoms in total. The highest BCUT2D eigenvalue weighted by molar-refractivity contribution is 9.10. The molecule has 1 amide bonds. The van der Waals surface area contributed by atoms with Gasteiger partial charge in [-0.25, -0.2) is 0 Å². The van der Waals surface area contributed by atoms with Gasteiger partial charge in [0.15, 0.2) is 11.5 Å². The Bertz CT molecular complexity index is 716. The monoisotopic (exact) mass is 405 g/mol. The minimum atomic E-state index is -0.113. The molecule has 0 spiro atoms. The van der Waals surface area contributed by atoms with Gasteiger partial charge >= 0.3 is 0 Å².